The minimum Gasteiger partial charge on any atom is -0.496 e. The fourth-order valence-electron chi connectivity index (χ4n) is 3.45. The van der Waals surface area contributed by atoms with E-state index in [9.17, 15) is 9.90 Å². The summed E-state index contributed by atoms with van der Waals surface area (Å²) in [7, 11) is 1.65. The predicted octanol–water partition coefficient (Wildman–Crippen LogP) is 4.07. The molecule has 0 aliphatic carbocycles. The number of benzene rings is 2. The summed E-state index contributed by atoms with van der Waals surface area (Å²) in [6, 6.07) is 11.9. The van der Waals surface area contributed by atoms with Gasteiger partial charge in [0, 0.05) is 18.5 Å². The van der Waals surface area contributed by atoms with Crippen molar-refractivity contribution in [1.82, 2.24) is 4.90 Å². The maximum Gasteiger partial charge on any atom is 0.409 e. The Bertz CT molecular complexity index is 766. The molecule has 0 atom stereocenters. The average molecular weight is 357 g/mol. The molecule has 26 heavy (non-hydrogen) atoms. The quantitative estimate of drug-likeness (QED) is 0.820. The van der Waals surface area contributed by atoms with Crippen LogP contribution in [0.1, 0.15) is 38.2 Å². The average Bonchev–Trinajstić information content (AvgIpc) is 2.67. The maximum atomic E-state index is 12.1. The first-order valence-electron chi connectivity index (χ1n) is 9.29. The summed E-state index contributed by atoms with van der Waals surface area (Å²) in [5.74, 6) is 0.796. The molecule has 1 amide bonds. The fraction of sp³-hybridized carbons (Fsp3) is 0.476. The summed E-state index contributed by atoms with van der Waals surface area (Å²) in [6.45, 7) is 3.50. The van der Waals surface area contributed by atoms with E-state index in [4.69, 9.17) is 9.47 Å². The third kappa shape index (κ3) is 3.78. The molecule has 1 fully saturated rings. The van der Waals surface area contributed by atoms with Crippen molar-refractivity contribution in [2.24, 2.45) is 0 Å². The number of ether oxygens (including phenoxy) is 2. The van der Waals surface area contributed by atoms with Crippen molar-refractivity contribution in [3.05, 3.63) is 42.0 Å². The van der Waals surface area contributed by atoms with Crippen LogP contribution in [0.25, 0.3) is 10.8 Å². The van der Waals surface area contributed by atoms with Crippen molar-refractivity contribution in [3.63, 3.8) is 0 Å². The Hall–Kier alpha value is -2.27. The molecule has 0 bridgehead atoms. The van der Waals surface area contributed by atoms with E-state index in [2.05, 4.69) is 6.92 Å². The molecule has 1 aliphatic heterocycles. The van der Waals surface area contributed by atoms with Crippen LogP contribution in [0, 0.1) is 0 Å². The topological polar surface area (TPSA) is 59.0 Å². The summed E-state index contributed by atoms with van der Waals surface area (Å²) >= 11 is 0. The molecular weight excluding hydrogens is 330 g/mol. The van der Waals surface area contributed by atoms with Gasteiger partial charge in [-0.25, -0.2) is 4.79 Å². The lowest BCUT2D eigenvalue weighted by atomic mass is 9.83. The number of rotatable bonds is 5. The highest BCUT2D eigenvalue weighted by molar-refractivity contribution is 5.89. The van der Waals surface area contributed by atoms with Gasteiger partial charge >= 0.3 is 6.09 Å². The zero-order chi connectivity index (χ0) is 18.6. The molecular formula is C21H27NO4. The van der Waals surface area contributed by atoms with Crippen LogP contribution >= 0.6 is 0 Å². The Kier molecular flexibility index (Phi) is 5.67. The first-order valence-corrected chi connectivity index (χ1v) is 9.29. The SMILES string of the molecule is CCCCOC(=O)N1CCC(O)(c2ccc3cccc(OC)c3c2)CC1. The van der Waals surface area contributed by atoms with E-state index < -0.39 is 5.60 Å². The number of carbonyl (C=O) groups excluding carboxylic acids is 1. The lowest BCUT2D eigenvalue weighted by Gasteiger charge is -2.38. The second-order valence-corrected chi connectivity index (χ2v) is 6.88. The Balaban J connectivity index is 1.72. The van der Waals surface area contributed by atoms with Gasteiger partial charge in [0.25, 0.3) is 0 Å². The number of piperidine rings is 1. The van der Waals surface area contributed by atoms with Gasteiger partial charge in [0.15, 0.2) is 0 Å². The molecule has 140 valence electrons. The lowest BCUT2D eigenvalue weighted by Crippen LogP contribution is -2.45. The molecule has 0 aromatic heterocycles. The zero-order valence-corrected chi connectivity index (χ0v) is 15.5. The van der Waals surface area contributed by atoms with Crippen LogP contribution in [0.5, 0.6) is 5.75 Å². The smallest absolute Gasteiger partial charge is 0.409 e. The van der Waals surface area contributed by atoms with E-state index in [0.717, 1.165) is 34.9 Å². The van der Waals surface area contributed by atoms with Crippen LogP contribution in [0.4, 0.5) is 4.79 Å². The third-order valence-corrected chi connectivity index (χ3v) is 5.17. The third-order valence-electron chi connectivity index (χ3n) is 5.17. The predicted molar refractivity (Wildman–Crippen MR) is 101 cm³/mol. The molecule has 0 saturated carbocycles. The second-order valence-electron chi connectivity index (χ2n) is 6.88. The number of unbranched alkanes of at least 4 members (excludes halogenated alkanes) is 1. The van der Waals surface area contributed by atoms with Gasteiger partial charge in [0.2, 0.25) is 0 Å². The maximum absolute atomic E-state index is 12.1. The van der Waals surface area contributed by atoms with E-state index in [1.165, 1.54) is 0 Å². The molecule has 3 rings (SSSR count). The molecule has 1 N–H and O–H groups in total. The van der Waals surface area contributed by atoms with Crippen LogP contribution < -0.4 is 4.74 Å². The Morgan fingerprint density at radius 2 is 2.00 bits per heavy atom. The van der Waals surface area contributed by atoms with Crippen molar-refractivity contribution in [2.45, 2.75) is 38.2 Å². The number of hydrogen-bond acceptors (Lipinski definition) is 4. The molecule has 1 aliphatic rings. The van der Waals surface area contributed by atoms with Gasteiger partial charge in [-0.15, -0.1) is 0 Å². The summed E-state index contributed by atoms with van der Waals surface area (Å²) in [5, 5.41) is 13.2. The molecule has 0 unspecified atom stereocenters. The van der Waals surface area contributed by atoms with Crippen LogP contribution in [-0.4, -0.2) is 42.9 Å². The second kappa shape index (κ2) is 7.96. The largest absolute Gasteiger partial charge is 0.496 e. The summed E-state index contributed by atoms with van der Waals surface area (Å²) in [6.07, 6.45) is 2.59. The van der Waals surface area contributed by atoms with Gasteiger partial charge in [0.1, 0.15) is 5.75 Å². The van der Waals surface area contributed by atoms with Gasteiger partial charge in [0.05, 0.1) is 19.3 Å². The van der Waals surface area contributed by atoms with Crippen LogP contribution in [0.15, 0.2) is 36.4 Å². The molecule has 5 nitrogen and oxygen atoms in total. The van der Waals surface area contributed by atoms with E-state index >= 15 is 0 Å². The summed E-state index contributed by atoms with van der Waals surface area (Å²) in [4.78, 5) is 13.8. The van der Waals surface area contributed by atoms with Crippen LogP contribution in [-0.2, 0) is 10.3 Å². The highest BCUT2D eigenvalue weighted by Gasteiger charge is 2.36. The summed E-state index contributed by atoms with van der Waals surface area (Å²) < 4.78 is 10.7. The first kappa shape index (κ1) is 18.5. The number of likely N-dealkylation sites (tertiary alicyclic amines) is 1. The molecule has 1 heterocycles. The molecule has 2 aromatic rings. The highest BCUT2D eigenvalue weighted by atomic mass is 16.6. The van der Waals surface area contributed by atoms with Crippen molar-refractivity contribution in [3.8, 4) is 5.75 Å². The van der Waals surface area contributed by atoms with Crippen molar-refractivity contribution in [2.75, 3.05) is 26.8 Å². The molecule has 0 radical (unpaired) electrons. The Morgan fingerprint density at radius 3 is 2.69 bits per heavy atom. The highest BCUT2D eigenvalue weighted by Crippen LogP contribution is 2.36. The number of hydrogen-bond donors (Lipinski definition) is 1. The minimum absolute atomic E-state index is 0.277. The van der Waals surface area contributed by atoms with Crippen molar-refractivity contribution >= 4 is 16.9 Å². The Morgan fingerprint density at radius 1 is 1.23 bits per heavy atom. The number of nitrogens with zero attached hydrogens (tertiary/aromatic N) is 1. The summed E-state index contributed by atoms with van der Waals surface area (Å²) in [5.41, 5.74) is -0.0663. The monoisotopic (exact) mass is 357 g/mol. The van der Waals surface area contributed by atoms with Gasteiger partial charge in [-0.1, -0.05) is 37.6 Å². The van der Waals surface area contributed by atoms with Gasteiger partial charge in [-0.3, -0.25) is 0 Å². The normalized spacial score (nSPS) is 16.5. The van der Waals surface area contributed by atoms with Gasteiger partial charge < -0.3 is 19.5 Å². The molecule has 1 saturated heterocycles. The van der Waals surface area contributed by atoms with Gasteiger partial charge in [-0.05, 0) is 42.3 Å². The van der Waals surface area contributed by atoms with E-state index in [1.54, 1.807) is 12.0 Å². The molecule has 0 spiro atoms. The van der Waals surface area contributed by atoms with E-state index in [-0.39, 0.29) is 6.09 Å². The number of amides is 1. The number of fused-ring (bicyclic) bond motifs is 1. The van der Waals surface area contributed by atoms with Crippen molar-refractivity contribution in [1.29, 1.82) is 0 Å². The Labute approximate surface area is 154 Å². The lowest BCUT2D eigenvalue weighted by molar-refractivity contribution is -0.0247. The van der Waals surface area contributed by atoms with E-state index in [1.807, 2.05) is 36.4 Å². The van der Waals surface area contributed by atoms with E-state index in [0.29, 0.717) is 32.5 Å². The zero-order valence-electron chi connectivity index (χ0n) is 15.5. The molecule has 2 aromatic carbocycles. The van der Waals surface area contributed by atoms with Crippen molar-refractivity contribution < 1.29 is 19.4 Å². The van der Waals surface area contributed by atoms with Gasteiger partial charge in [-0.2, -0.15) is 0 Å². The fourth-order valence-corrected chi connectivity index (χ4v) is 3.45. The number of carbonyl (C=O) groups is 1. The minimum atomic E-state index is -0.935. The first-order chi connectivity index (χ1) is 12.6. The van der Waals surface area contributed by atoms with Crippen LogP contribution in [0.2, 0.25) is 0 Å². The van der Waals surface area contributed by atoms with Crippen LogP contribution in [0.3, 0.4) is 0 Å². The number of aliphatic hydroxyl groups is 1. The molecule has 5 heteroatoms. The standard InChI is InChI=1S/C21H27NO4/c1-3-4-14-26-20(23)22-12-10-21(24,11-13-22)17-9-8-16-6-5-7-19(25-2)18(16)15-17/h5-9,15,24H,3-4,10-14H2,1-2H3. The number of methoxy groups -OCH3 is 1.